The van der Waals surface area contributed by atoms with Crippen LogP contribution in [0.15, 0.2) is 47.1 Å². The number of furan rings is 2. The van der Waals surface area contributed by atoms with Crippen molar-refractivity contribution >= 4 is 77.5 Å². The van der Waals surface area contributed by atoms with Crippen molar-refractivity contribution in [3.8, 4) is 5.75 Å². The van der Waals surface area contributed by atoms with Crippen LogP contribution in [0.1, 0.15) is 16.3 Å². The Labute approximate surface area is 167 Å². The van der Waals surface area contributed by atoms with Gasteiger partial charge in [0, 0.05) is 38.5 Å². The van der Waals surface area contributed by atoms with Crippen molar-refractivity contribution in [1.29, 1.82) is 0 Å². The van der Waals surface area contributed by atoms with Crippen LogP contribution in [0.25, 0.3) is 11.0 Å². The lowest BCUT2D eigenvalue weighted by atomic mass is 10.2. The summed E-state index contributed by atoms with van der Waals surface area (Å²) in [5, 5.41) is 4.61. The van der Waals surface area contributed by atoms with Gasteiger partial charge >= 0.3 is 5.91 Å². The molecule has 3 aromatic rings. The number of hydrogen-bond acceptors (Lipinski definition) is 5. The average molecular weight is 568 g/mol. The third-order valence-corrected chi connectivity index (χ3v) is 5.60. The van der Waals surface area contributed by atoms with E-state index >= 15 is 0 Å². The number of carbonyl (C=O) groups excluding carboxylic acids is 1. The molecule has 0 saturated heterocycles. The van der Waals surface area contributed by atoms with E-state index in [1.807, 2.05) is 28.7 Å². The maximum Gasteiger partial charge on any atom is 0.307 e. The van der Waals surface area contributed by atoms with Crippen LogP contribution in [-0.2, 0) is 0 Å². The van der Waals surface area contributed by atoms with Crippen LogP contribution in [0.2, 0.25) is 0 Å². The summed E-state index contributed by atoms with van der Waals surface area (Å²) in [6.07, 6.45) is 1.41. The van der Waals surface area contributed by atoms with Crippen LogP contribution in [0, 0.1) is 3.77 Å². The Balaban J connectivity index is 1.78. The number of methoxy groups -OCH3 is 1. The molecule has 0 fully saturated rings. The van der Waals surface area contributed by atoms with Gasteiger partial charge in [-0.1, -0.05) is 15.9 Å². The van der Waals surface area contributed by atoms with Gasteiger partial charge < -0.3 is 13.6 Å². The molecule has 2 aromatic heterocycles. The van der Waals surface area contributed by atoms with E-state index in [0.717, 1.165) is 14.3 Å². The Hall–Kier alpha value is -1.33. The van der Waals surface area contributed by atoms with Crippen LogP contribution in [0.5, 0.6) is 5.75 Å². The molecule has 0 aliphatic rings. The Morgan fingerprint density at radius 1 is 1.29 bits per heavy atom. The summed E-state index contributed by atoms with van der Waals surface area (Å²) in [6.45, 7) is 0. The standard InChI is InChI=1S/C15H9Br2IN2O4/c1-22-11-4-8(16)2-7-3-12(24-13(7)11)15(21)20-19-6-9-5-10(17)14(18)23-9/h2-6H,1H3,(H,20,21)/b19-6-. The van der Waals surface area contributed by atoms with Crippen molar-refractivity contribution < 1.29 is 18.4 Å². The van der Waals surface area contributed by atoms with E-state index in [-0.39, 0.29) is 5.76 Å². The fourth-order valence-electron chi connectivity index (χ4n) is 1.99. The van der Waals surface area contributed by atoms with Gasteiger partial charge in [0.15, 0.2) is 20.9 Å². The van der Waals surface area contributed by atoms with Crippen molar-refractivity contribution in [2.45, 2.75) is 0 Å². The fraction of sp³-hybridized carbons (Fsp3) is 0.0667. The minimum Gasteiger partial charge on any atom is -0.493 e. The zero-order valence-electron chi connectivity index (χ0n) is 12.1. The lowest BCUT2D eigenvalue weighted by molar-refractivity contribution is 0.0929. The van der Waals surface area contributed by atoms with Gasteiger partial charge in [-0.05, 0) is 34.1 Å². The van der Waals surface area contributed by atoms with Crippen LogP contribution in [0.4, 0.5) is 0 Å². The SMILES string of the molecule is COc1cc(Br)cc2cc(C(=O)N/N=C\c3cc(Br)c(I)o3)oc12. The molecule has 0 atom stereocenters. The summed E-state index contributed by atoms with van der Waals surface area (Å²) < 4.78 is 18.6. The zero-order chi connectivity index (χ0) is 17.3. The van der Waals surface area contributed by atoms with Crippen molar-refractivity contribution in [2.75, 3.05) is 7.11 Å². The van der Waals surface area contributed by atoms with Crippen molar-refractivity contribution in [3.63, 3.8) is 0 Å². The molecule has 9 heteroatoms. The topological polar surface area (TPSA) is 77.0 Å². The second-order valence-electron chi connectivity index (χ2n) is 4.61. The number of carbonyl (C=O) groups is 1. The minimum atomic E-state index is -0.471. The lowest BCUT2D eigenvalue weighted by Crippen LogP contribution is -2.16. The van der Waals surface area contributed by atoms with Gasteiger partial charge in [0.2, 0.25) is 0 Å². The molecule has 24 heavy (non-hydrogen) atoms. The van der Waals surface area contributed by atoms with E-state index in [9.17, 15) is 4.79 Å². The van der Waals surface area contributed by atoms with Crippen molar-refractivity contribution in [2.24, 2.45) is 5.10 Å². The van der Waals surface area contributed by atoms with Crippen LogP contribution in [0.3, 0.4) is 0 Å². The molecule has 3 rings (SSSR count). The number of rotatable bonds is 4. The van der Waals surface area contributed by atoms with Crippen molar-refractivity contribution in [1.82, 2.24) is 5.43 Å². The molecule has 2 heterocycles. The molecule has 124 valence electrons. The third-order valence-electron chi connectivity index (χ3n) is 3.01. The normalized spacial score (nSPS) is 11.3. The molecule has 0 spiro atoms. The molecule has 0 radical (unpaired) electrons. The Bertz CT molecular complexity index is 929. The molecular weight excluding hydrogens is 559 g/mol. The molecule has 0 aliphatic carbocycles. The van der Waals surface area contributed by atoms with Crippen LogP contribution < -0.4 is 10.2 Å². The highest BCUT2D eigenvalue weighted by molar-refractivity contribution is 14.1. The molecule has 1 N–H and O–H groups in total. The third kappa shape index (κ3) is 3.67. The highest BCUT2D eigenvalue weighted by atomic mass is 127. The van der Waals surface area contributed by atoms with Crippen LogP contribution in [-0.4, -0.2) is 19.2 Å². The van der Waals surface area contributed by atoms with Gasteiger partial charge in [-0.15, -0.1) is 0 Å². The number of amides is 1. The zero-order valence-corrected chi connectivity index (χ0v) is 17.4. The van der Waals surface area contributed by atoms with E-state index in [0.29, 0.717) is 20.9 Å². The van der Waals surface area contributed by atoms with E-state index in [2.05, 4.69) is 42.4 Å². The number of benzene rings is 1. The van der Waals surface area contributed by atoms with Crippen LogP contribution >= 0.6 is 54.5 Å². The number of hydrogen-bond donors (Lipinski definition) is 1. The van der Waals surface area contributed by atoms with Gasteiger partial charge in [-0.2, -0.15) is 5.10 Å². The predicted octanol–water partition coefficient (Wildman–Crippen LogP) is 4.93. The second-order valence-corrected chi connectivity index (χ2v) is 7.36. The maximum atomic E-state index is 12.1. The molecule has 6 nitrogen and oxygen atoms in total. The van der Waals surface area contributed by atoms with E-state index in [1.165, 1.54) is 13.3 Å². The first-order valence-corrected chi connectivity index (χ1v) is 9.19. The molecule has 0 saturated carbocycles. The van der Waals surface area contributed by atoms with Gasteiger partial charge in [0.25, 0.3) is 0 Å². The number of hydrazone groups is 1. The first kappa shape index (κ1) is 17.5. The number of fused-ring (bicyclic) bond motifs is 1. The Morgan fingerprint density at radius 2 is 2.08 bits per heavy atom. The lowest BCUT2D eigenvalue weighted by Gasteiger charge is -2.00. The smallest absolute Gasteiger partial charge is 0.307 e. The average Bonchev–Trinajstić information content (AvgIpc) is 3.10. The summed E-state index contributed by atoms with van der Waals surface area (Å²) in [5.74, 6) is 0.716. The highest BCUT2D eigenvalue weighted by Gasteiger charge is 2.15. The van der Waals surface area contributed by atoms with Gasteiger partial charge in [-0.3, -0.25) is 4.79 Å². The van der Waals surface area contributed by atoms with Gasteiger partial charge in [0.05, 0.1) is 17.8 Å². The van der Waals surface area contributed by atoms with E-state index < -0.39 is 5.91 Å². The maximum absolute atomic E-state index is 12.1. The first-order valence-electron chi connectivity index (χ1n) is 6.53. The van der Waals surface area contributed by atoms with Gasteiger partial charge in [0.1, 0.15) is 5.76 Å². The van der Waals surface area contributed by atoms with Gasteiger partial charge in [-0.25, -0.2) is 5.43 Å². The Kier molecular flexibility index (Phi) is 5.30. The molecule has 0 bridgehead atoms. The number of ether oxygens (including phenoxy) is 1. The monoisotopic (exact) mass is 566 g/mol. The minimum absolute atomic E-state index is 0.133. The number of halogens is 3. The first-order chi connectivity index (χ1) is 11.5. The predicted molar refractivity (Wildman–Crippen MR) is 105 cm³/mol. The molecule has 0 aliphatic heterocycles. The fourth-order valence-corrected chi connectivity index (χ4v) is 3.16. The summed E-state index contributed by atoms with van der Waals surface area (Å²) in [7, 11) is 1.54. The van der Waals surface area contributed by atoms with E-state index in [1.54, 1.807) is 18.2 Å². The summed E-state index contributed by atoms with van der Waals surface area (Å²) in [6, 6.07) is 6.98. The largest absolute Gasteiger partial charge is 0.493 e. The number of nitrogens with one attached hydrogen (secondary N) is 1. The molecule has 1 amide bonds. The number of nitrogens with zero attached hydrogens (tertiary/aromatic N) is 1. The summed E-state index contributed by atoms with van der Waals surface area (Å²) in [4.78, 5) is 12.1. The van der Waals surface area contributed by atoms with Crippen molar-refractivity contribution in [3.05, 3.63) is 48.5 Å². The molecule has 1 aromatic carbocycles. The molecule has 0 unspecified atom stereocenters. The summed E-state index contributed by atoms with van der Waals surface area (Å²) >= 11 is 8.76. The second kappa shape index (κ2) is 7.28. The van der Waals surface area contributed by atoms with E-state index in [4.69, 9.17) is 13.6 Å². The quantitative estimate of drug-likeness (QED) is 0.276. The summed E-state index contributed by atoms with van der Waals surface area (Å²) in [5.41, 5.74) is 2.90. The highest BCUT2D eigenvalue weighted by Crippen LogP contribution is 2.32. The Morgan fingerprint density at radius 3 is 2.75 bits per heavy atom. The molecular formula is C15H9Br2IN2O4.